The first-order chi connectivity index (χ1) is 9.78. The van der Waals surface area contributed by atoms with Crippen LogP contribution in [-0.2, 0) is 0 Å². The highest BCUT2D eigenvalue weighted by atomic mass is 16.5. The second-order valence-corrected chi connectivity index (χ2v) is 4.03. The summed E-state index contributed by atoms with van der Waals surface area (Å²) in [6.45, 7) is 0. The van der Waals surface area contributed by atoms with Gasteiger partial charge in [-0.25, -0.2) is 4.98 Å². The minimum absolute atomic E-state index is 0.190. The molecule has 0 spiro atoms. The molecule has 6 nitrogen and oxygen atoms in total. The van der Waals surface area contributed by atoms with Gasteiger partial charge in [0.05, 0.1) is 13.3 Å². The zero-order valence-corrected chi connectivity index (χ0v) is 10.7. The first-order valence-electron chi connectivity index (χ1n) is 5.92. The molecule has 0 unspecified atom stereocenters. The van der Waals surface area contributed by atoms with E-state index >= 15 is 0 Å². The summed E-state index contributed by atoms with van der Waals surface area (Å²) in [6, 6.07) is 7.11. The molecule has 6 heteroatoms. The van der Waals surface area contributed by atoms with Crippen LogP contribution in [0, 0.1) is 0 Å². The number of fused-ring (bicyclic) bond motifs is 1. The van der Waals surface area contributed by atoms with Gasteiger partial charge in [-0.05, 0) is 12.1 Å². The Balaban J connectivity index is 1.92. The van der Waals surface area contributed by atoms with E-state index in [1.165, 1.54) is 18.6 Å². The van der Waals surface area contributed by atoms with Crippen LogP contribution < -0.4 is 10.1 Å². The molecule has 2 heterocycles. The lowest BCUT2D eigenvalue weighted by atomic mass is 10.2. The SMILES string of the molecule is COc1cccc2cc(C(=O)Nc3cnccn3)oc12. The van der Waals surface area contributed by atoms with E-state index in [9.17, 15) is 4.79 Å². The minimum Gasteiger partial charge on any atom is -0.493 e. The Bertz CT molecular complexity index is 753. The molecular formula is C14H11N3O3. The van der Waals surface area contributed by atoms with Gasteiger partial charge in [-0.3, -0.25) is 9.78 Å². The molecule has 0 fully saturated rings. The molecular weight excluding hydrogens is 258 g/mol. The van der Waals surface area contributed by atoms with Gasteiger partial charge in [0, 0.05) is 17.8 Å². The summed E-state index contributed by atoms with van der Waals surface area (Å²) < 4.78 is 10.7. The summed E-state index contributed by atoms with van der Waals surface area (Å²) in [4.78, 5) is 19.9. The van der Waals surface area contributed by atoms with Crippen molar-refractivity contribution in [2.24, 2.45) is 0 Å². The molecule has 3 rings (SSSR count). The van der Waals surface area contributed by atoms with Gasteiger partial charge in [-0.2, -0.15) is 0 Å². The number of amides is 1. The number of hydrogen-bond donors (Lipinski definition) is 1. The molecule has 0 bridgehead atoms. The Hall–Kier alpha value is -2.89. The fourth-order valence-corrected chi connectivity index (χ4v) is 1.85. The van der Waals surface area contributed by atoms with Crippen molar-refractivity contribution in [2.75, 3.05) is 12.4 Å². The molecule has 20 heavy (non-hydrogen) atoms. The number of benzene rings is 1. The second-order valence-electron chi connectivity index (χ2n) is 4.03. The number of rotatable bonds is 3. The van der Waals surface area contributed by atoms with Gasteiger partial charge < -0.3 is 14.5 Å². The van der Waals surface area contributed by atoms with E-state index in [1.807, 2.05) is 12.1 Å². The highest BCUT2D eigenvalue weighted by Crippen LogP contribution is 2.28. The Morgan fingerprint density at radius 3 is 3.00 bits per heavy atom. The van der Waals surface area contributed by atoms with Crippen molar-refractivity contribution in [1.29, 1.82) is 0 Å². The Morgan fingerprint density at radius 2 is 2.25 bits per heavy atom. The average molecular weight is 269 g/mol. The summed E-state index contributed by atoms with van der Waals surface area (Å²) in [5.41, 5.74) is 0.541. The van der Waals surface area contributed by atoms with Crippen molar-refractivity contribution in [2.45, 2.75) is 0 Å². The number of carbonyl (C=O) groups is 1. The van der Waals surface area contributed by atoms with Crippen molar-refractivity contribution in [3.8, 4) is 5.75 Å². The largest absolute Gasteiger partial charge is 0.493 e. The molecule has 0 radical (unpaired) electrons. The first kappa shape index (κ1) is 12.2. The highest BCUT2D eigenvalue weighted by Gasteiger charge is 2.15. The lowest BCUT2D eigenvalue weighted by molar-refractivity contribution is 0.0998. The Morgan fingerprint density at radius 1 is 1.35 bits per heavy atom. The molecule has 0 saturated carbocycles. The number of hydrogen-bond acceptors (Lipinski definition) is 5. The van der Waals surface area contributed by atoms with Gasteiger partial charge in [0.2, 0.25) is 0 Å². The quantitative estimate of drug-likeness (QED) is 0.790. The van der Waals surface area contributed by atoms with E-state index in [0.29, 0.717) is 17.2 Å². The van der Waals surface area contributed by atoms with E-state index in [-0.39, 0.29) is 11.7 Å². The third-order valence-electron chi connectivity index (χ3n) is 2.76. The standard InChI is InChI=1S/C14H11N3O3/c1-19-10-4-2-3-9-7-11(20-13(9)10)14(18)17-12-8-15-5-6-16-12/h2-8H,1H3,(H,16,17,18). The van der Waals surface area contributed by atoms with Gasteiger partial charge in [0.25, 0.3) is 5.91 Å². The van der Waals surface area contributed by atoms with E-state index in [4.69, 9.17) is 9.15 Å². The number of anilines is 1. The maximum atomic E-state index is 12.1. The normalized spacial score (nSPS) is 10.4. The van der Waals surface area contributed by atoms with Crippen molar-refractivity contribution < 1.29 is 13.9 Å². The molecule has 0 aliphatic carbocycles. The molecule has 1 aromatic carbocycles. The summed E-state index contributed by atoms with van der Waals surface area (Å²) in [5.74, 6) is 0.755. The number of nitrogens with zero attached hydrogens (tertiary/aromatic N) is 2. The summed E-state index contributed by atoms with van der Waals surface area (Å²) in [5, 5.41) is 3.41. The number of aromatic nitrogens is 2. The molecule has 0 aliphatic rings. The van der Waals surface area contributed by atoms with Crippen LogP contribution in [0.15, 0.2) is 47.3 Å². The topological polar surface area (TPSA) is 77.2 Å². The van der Waals surface area contributed by atoms with Crippen LogP contribution in [0.3, 0.4) is 0 Å². The number of furan rings is 1. The van der Waals surface area contributed by atoms with Crippen LogP contribution in [0.2, 0.25) is 0 Å². The summed E-state index contributed by atoms with van der Waals surface area (Å²) >= 11 is 0. The molecule has 3 aromatic rings. The summed E-state index contributed by atoms with van der Waals surface area (Å²) in [6.07, 6.45) is 4.49. The highest BCUT2D eigenvalue weighted by molar-refractivity contribution is 6.04. The lowest BCUT2D eigenvalue weighted by Gasteiger charge is -2.00. The minimum atomic E-state index is -0.385. The van der Waals surface area contributed by atoms with Crippen LogP contribution in [0.5, 0.6) is 5.75 Å². The van der Waals surface area contributed by atoms with Crippen molar-refractivity contribution in [3.05, 3.63) is 48.6 Å². The van der Waals surface area contributed by atoms with Crippen LogP contribution in [0.4, 0.5) is 5.82 Å². The fraction of sp³-hybridized carbons (Fsp3) is 0.0714. The monoisotopic (exact) mass is 269 g/mol. The number of methoxy groups -OCH3 is 1. The van der Waals surface area contributed by atoms with Crippen LogP contribution in [0.25, 0.3) is 11.0 Å². The number of nitrogens with one attached hydrogen (secondary N) is 1. The van der Waals surface area contributed by atoms with E-state index in [2.05, 4.69) is 15.3 Å². The lowest BCUT2D eigenvalue weighted by Crippen LogP contribution is -2.11. The van der Waals surface area contributed by atoms with Crippen LogP contribution in [0.1, 0.15) is 10.6 Å². The molecule has 0 aliphatic heterocycles. The third-order valence-corrected chi connectivity index (χ3v) is 2.76. The van der Waals surface area contributed by atoms with Crippen molar-refractivity contribution in [1.82, 2.24) is 9.97 Å². The maximum Gasteiger partial charge on any atom is 0.292 e. The van der Waals surface area contributed by atoms with Crippen molar-refractivity contribution in [3.63, 3.8) is 0 Å². The van der Waals surface area contributed by atoms with Crippen LogP contribution in [-0.4, -0.2) is 23.0 Å². The molecule has 1 amide bonds. The summed E-state index contributed by atoms with van der Waals surface area (Å²) in [7, 11) is 1.55. The predicted octanol–water partition coefficient (Wildman–Crippen LogP) is 2.48. The number of ether oxygens (including phenoxy) is 1. The van der Waals surface area contributed by atoms with Gasteiger partial charge in [-0.1, -0.05) is 12.1 Å². The van der Waals surface area contributed by atoms with Gasteiger partial charge in [0.15, 0.2) is 22.9 Å². The zero-order chi connectivity index (χ0) is 13.9. The Labute approximate surface area is 114 Å². The zero-order valence-electron chi connectivity index (χ0n) is 10.7. The maximum absolute atomic E-state index is 12.1. The van der Waals surface area contributed by atoms with Crippen molar-refractivity contribution >= 4 is 22.7 Å². The smallest absolute Gasteiger partial charge is 0.292 e. The van der Waals surface area contributed by atoms with Crippen LogP contribution >= 0.6 is 0 Å². The van der Waals surface area contributed by atoms with E-state index in [1.54, 1.807) is 19.2 Å². The third kappa shape index (κ3) is 2.18. The average Bonchev–Trinajstić information content (AvgIpc) is 2.92. The number of carbonyl (C=O) groups excluding carboxylic acids is 1. The Kier molecular flexibility index (Phi) is 3.04. The number of para-hydroxylation sites is 1. The molecule has 100 valence electrons. The van der Waals surface area contributed by atoms with Gasteiger partial charge >= 0.3 is 0 Å². The predicted molar refractivity (Wildman–Crippen MR) is 72.8 cm³/mol. The molecule has 2 aromatic heterocycles. The first-order valence-corrected chi connectivity index (χ1v) is 5.92. The van der Waals surface area contributed by atoms with Gasteiger partial charge in [-0.15, -0.1) is 0 Å². The van der Waals surface area contributed by atoms with E-state index in [0.717, 1.165) is 5.39 Å². The molecule has 1 N–H and O–H groups in total. The molecule has 0 atom stereocenters. The van der Waals surface area contributed by atoms with E-state index < -0.39 is 0 Å². The fourth-order valence-electron chi connectivity index (χ4n) is 1.85. The van der Waals surface area contributed by atoms with Gasteiger partial charge in [0.1, 0.15) is 0 Å². The second kappa shape index (κ2) is 5.00. The molecule has 0 saturated heterocycles.